The summed E-state index contributed by atoms with van der Waals surface area (Å²) in [5.41, 5.74) is 1.52. The third-order valence-corrected chi connectivity index (χ3v) is 5.07. The average Bonchev–Trinajstić information content (AvgIpc) is 2.65. The summed E-state index contributed by atoms with van der Waals surface area (Å²) in [6, 6.07) is 10.3. The molecule has 1 N–H and O–H groups in total. The van der Waals surface area contributed by atoms with Crippen molar-refractivity contribution in [3.63, 3.8) is 0 Å². The van der Waals surface area contributed by atoms with Gasteiger partial charge in [0.05, 0.1) is 12.2 Å². The summed E-state index contributed by atoms with van der Waals surface area (Å²) < 4.78 is 13.2. The molecule has 1 amide bonds. The van der Waals surface area contributed by atoms with Crippen LogP contribution in [0.25, 0.3) is 0 Å². The fraction of sp³-hybridized carbons (Fsp3) is 0.400. The van der Waals surface area contributed by atoms with Crippen LogP contribution in [-0.2, 0) is 11.3 Å². The van der Waals surface area contributed by atoms with Gasteiger partial charge in [0.2, 0.25) is 5.91 Å². The van der Waals surface area contributed by atoms with E-state index in [2.05, 4.69) is 15.2 Å². The largest absolute Gasteiger partial charge is 0.322 e. The van der Waals surface area contributed by atoms with E-state index in [0.29, 0.717) is 18.3 Å². The highest BCUT2D eigenvalue weighted by Gasteiger charge is 2.23. The lowest BCUT2D eigenvalue weighted by molar-refractivity contribution is -0.118. The van der Waals surface area contributed by atoms with Crippen molar-refractivity contribution >= 4 is 23.2 Å². The number of pyridine rings is 1. The maximum absolute atomic E-state index is 13.2. The molecule has 3 rings (SSSR count). The van der Waals surface area contributed by atoms with Gasteiger partial charge in [0.1, 0.15) is 5.82 Å². The highest BCUT2D eigenvalue weighted by molar-refractivity contribution is 6.32. The molecule has 1 heterocycles. The molecule has 26 heavy (non-hydrogen) atoms. The molecule has 0 bridgehead atoms. The van der Waals surface area contributed by atoms with Crippen LogP contribution in [0.4, 0.5) is 10.1 Å². The highest BCUT2D eigenvalue weighted by atomic mass is 35.5. The number of nitrogens with one attached hydrogen (secondary N) is 1. The van der Waals surface area contributed by atoms with E-state index in [1.165, 1.54) is 31.4 Å². The minimum atomic E-state index is -0.248. The summed E-state index contributed by atoms with van der Waals surface area (Å²) in [6.07, 6.45) is 7.37. The number of hydrogen-bond donors (Lipinski definition) is 1. The van der Waals surface area contributed by atoms with Gasteiger partial charge in [-0.1, -0.05) is 43.0 Å². The second-order valence-electron chi connectivity index (χ2n) is 6.71. The molecule has 0 aliphatic heterocycles. The Morgan fingerprint density at radius 2 is 1.92 bits per heavy atom. The van der Waals surface area contributed by atoms with Crippen molar-refractivity contribution in [1.82, 2.24) is 9.88 Å². The molecule has 0 saturated heterocycles. The molecular formula is C20H23ClFN3O. The standard InChI is InChI=1S/C20H23ClFN3O/c21-20-18(7-4-12-23-20)24-19(26)14-25(17-5-2-1-3-6-17)13-15-8-10-16(22)11-9-15/h4,7-12,17H,1-3,5-6,13-14H2,(H,24,26). The van der Waals surface area contributed by atoms with E-state index < -0.39 is 0 Å². The van der Waals surface area contributed by atoms with Crippen LogP contribution in [0.3, 0.4) is 0 Å². The van der Waals surface area contributed by atoms with Crippen LogP contribution in [0.2, 0.25) is 5.15 Å². The normalized spacial score (nSPS) is 15.2. The van der Waals surface area contributed by atoms with Gasteiger partial charge in [-0.15, -0.1) is 0 Å². The van der Waals surface area contributed by atoms with Crippen molar-refractivity contribution in [1.29, 1.82) is 0 Å². The van der Waals surface area contributed by atoms with Gasteiger partial charge in [0.15, 0.2) is 5.15 Å². The molecule has 1 saturated carbocycles. The lowest BCUT2D eigenvalue weighted by Crippen LogP contribution is -2.41. The van der Waals surface area contributed by atoms with Gasteiger partial charge in [0.25, 0.3) is 0 Å². The van der Waals surface area contributed by atoms with Crippen LogP contribution < -0.4 is 5.32 Å². The monoisotopic (exact) mass is 375 g/mol. The van der Waals surface area contributed by atoms with Crippen LogP contribution >= 0.6 is 11.6 Å². The zero-order chi connectivity index (χ0) is 18.4. The smallest absolute Gasteiger partial charge is 0.238 e. The molecule has 6 heteroatoms. The SMILES string of the molecule is O=C(CN(Cc1ccc(F)cc1)C1CCCCC1)Nc1cccnc1Cl. The maximum atomic E-state index is 13.2. The Kier molecular flexibility index (Phi) is 6.58. The van der Waals surface area contributed by atoms with Gasteiger partial charge >= 0.3 is 0 Å². The molecule has 1 aliphatic carbocycles. The van der Waals surface area contributed by atoms with E-state index in [1.807, 2.05) is 0 Å². The van der Waals surface area contributed by atoms with Gasteiger partial charge < -0.3 is 5.32 Å². The molecule has 0 radical (unpaired) electrons. The lowest BCUT2D eigenvalue weighted by Gasteiger charge is -2.34. The number of nitrogens with zero attached hydrogens (tertiary/aromatic N) is 2. The van der Waals surface area contributed by atoms with Crippen LogP contribution in [0.1, 0.15) is 37.7 Å². The molecule has 0 unspecified atom stereocenters. The van der Waals surface area contributed by atoms with Crippen molar-refractivity contribution in [2.24, 2.45) is 0 Å². The van der Waals surface area contributed by atoms with Gasteiger partial charge in [-0.25, -0.2) is 9.37 Å². The van der Waals surface area contributed by atoms with Crippen LogP contribution in [-0.4, -0.2) is 28.4 Å². The minimum absolute atomic E-state index is 0.118. The second kappa shape index (κ2) is 9.10. The molecule has 0 spiro atoms. The quantitative estimate of drug-likeness (QED) is 0.747. The van der Waals surface area contributed by atoms with Gasteiger partial charge in [-0.05, 0) is 42.7 Å². The Hall–Kier alpha value is -1.98. The first kappa shape index (κ1) is 18.8. The number of carbonyl (C=O) groups is 1. The maximum Gasteiger partial charge on any atom is 0.238 e. The molecule has 2 aromatic rings. The van der Waals surface area contributed by atoms with Crippen molar-refractivity contribution < 1.29 is 9.18 Å². The van der Waals surface area contributed by atoms with Gasteiger partial charge in [0, 0.05) is 18.8 Å². The topological polar surface area (TPSA) is 45.2 Å². The summed E-state index contributed by atoms with van der Waals surface area (Å²) in [5.74, 6) is -0.366. The lowest BCUT2D eigenvalue weighted by atomic mass is 9.93. The number of anilines is 1. The number of rotatable bonds is 6. The van der Waals surface area contributed by atoms with Crippen LogP contribution in [0.15, 0.2) is 42.6 Å². The van der Waals surface area contributed by atoms with E-state index in [0.717, 1.165) is 18.4 Å². The second-order valence-corrected chi connectivity index (χ2v) is 7.07. The van der Waals surface area contributed by atoms with Crippen molar-refractivity contribution in [2.45, 2.75) is 44.7 Å². The number of amides is 1. The summed E-state index contributed by atoms with van der Waals surface area (Å²) in [7, 11) is 0. The van der Waals surface area contributed by atoms with Crippen molar-refractivity contribution in [3.05, 3.63) is 59.1 Å². The number of carbonyl (C=O) groups excluding carboxylic acids is 1. The van der Waals surface area contributed by atoms with Crippen LogP contribution in [0, 0.1) is 5.82 Å². The molecule has 138 valence electrons. The van der Waals surface area contributed by atoms with Crippen LogP contribution in [0.5, 0.6) is 0 Å². The van der Waals surface area contributed by atoms with E-state index in [9.17, 15) is 9.18 Å². The Balaban J connectivity index is 1.69. The van der Waals surface area contributed by atoms with E-state index in [-0.39, 0.29) is 23.4 Å². The van der Waals surface area contributed by atoms with E-state index >= 15 is 0 Å². The predicted molar refractivity (Wildman–Crippen MR) is 102 cm³/mol. The third-order valence-electron chi connectivity index (χ3n) is 4.77. The summed E-state index contributed by atoms with van der Waals surface area (Å²) in [5, 5.41) is 3.12. The molecule has 1 fully saturated rings. The zero-order valence-corrected chi connectivity index (χ0v) is 15.4. The first-order valence-corrected chi connectivity index (χ1v) is 9.38. The molecule has 1 aliphatic rings. The highest BCUT2D eigenvalue weighted by Crippen LogP contribution is 2.24. The van der Waals surface area contributed by atoms with Gasteiger partial charge in [-0.2, -0.15) is 0 Å². The Morgan fingerprint density at radius 1 is 1.19 bits per heavy atom. The summed E-state index contributed by atoms with van der Waals surface area (Å²) in [6.45, 7) is 0.895. The Labute approximate surface area is 158 Å². The minimum Gasteiger partial charge on any atom is -0.322 e. The van der Waals surface area contributed by atoms with E-state index in [1.54, 1.807) is 30.5 Å². The summed E-state index contributed by atoms with van der Waals surface area (Å²) >= 11 is 6.02. The van der Waals surface area contributed by atoms with Crippen molar-refractivity contribution in [3.8, 4) is 0 Å². The fourth-order valence-electron chi connectivity index (χ4n) is 3.44. The predicted octanol–water partition coefficient (Wildman–Crippen LogP) is 4.65. The molecule has 1 aromatic heterocycles. The number of benzene rings is 1. The number of aromatic nitrogens is 1. The Morgan fingerprint density at radius 3 is 2.62 bits per heavy atom. The first-order valence-electron chi connectivity index (χ1n) is 9.00. The van der Waals surface area contributed by atoms with Gasteiger partial charge in [-0.3, -0.25) is 9.69 Å². The Bertz CT molecular complexity index is 732. The zero-order valence-electron chi connectivity index (χ0n) is 14.6. The first-order chi connectivity index (χ1) is 12.6. The fourth-order valence-corrected chi connectivity index (χ4v) is 3.60. The molecule has 4 nitrogen and oxygen atoms in total. The third kappa shape index (κ3) is 5.26. The molecular weight excluding hydrogens is 353 g/mol. The molecule has 1 aromatic carbocycles. The average molecular weight is 376 g/mol. The van der Waals surface area contributed by atoms with Crippen molar-refractivity contribution in [2.75, 3.05) is 11.9 Å². The number of hydrogen-bond acceptors (Lipinski definition) is 3. The number of halogens is 2. The van der Waals surface area contributed by atoms with E-state index in [4.69, 9.17) is 11.6 Å². The molecule has 0 atom stereocenters. The summed E-state index contributed by atoms with van der Waals surface area (Å²) in [4.78, 5) is 18.7.